The van der Waals surface area contributed by atoms with Gasteiger partial charge in [-0.3, -0.25) is 4.79 Å². The molecule has 0 aliphatic rings. The highest BCUT2D eigenvalue weighted by molar-refractivity contribution is 5.95. The number of carbonyl (C=O) groups excluding carboxylic acids is 1. The SMILES string of the molecule is Cc1cc(C)cc(OCCN(C)C(=O)c2nonc2N)c1. The Morgan fingerprint density at radius 1 is 1.29 bits per heavy atom. The van der Waals surface area contributed by atoms with E-state index in [1.54, 1.807) is 7.05 Å². The van der Waals surface area contributed by atoms with Crippen LogP contribution in [0.2, 0.25) is 0 Å². The number of nitrogens with zero attached hydrogens (tertiary/aromatic N) is 3. The summed E-state index contributed by atoms with van der Waals surface area (Å²) in [6.07, 6.45) is 0. The Labute approximate surface area is 122 Å². The van der Waals surface area contributed by atoms with Gasteiger partial charge in [-0.15, -0.1) is 0 Å². The van der Waals surface area contributed by atoms with Crippen LogP contribution in [0.5, 0.6) is 5.75 Å². The summed E-state index contributed by atoms with van der Waals surface area (Å²) in [5.74, 6) is 0.427. The molecule has 7 nitrogen and oxygen atoms in total. The normalized spacial score (nSPS) is 10.4. The fourth-order valence-electron chi connectivity index (χ4n) is 1.94. The molecular formula is C14H18N4O3. The lowest BCUT2D eigenvalue weighted by molar-refractivity contribution is 0.0763. The van der Waals surface area contributed by atoms with Gasteiger partial charge in [-0.05, 0) is 47.4 Å². The Kier molecular flexibility index (Phi) is 4.42. The number of aryl methyl sites for hydroxylation is 2. The molecule has 2 N–H and O–H groups in total. The van der Waals surface area contributed by atoms with E-state index in [0.29, 0.717) is 13.2 Å². The van der Waals surface area contributed by atoms with Crippen LogP contribution in [0.15, 0.2) is 22.8 Å². The molecule has 0 unspecified atom stereocenters. The third-order valence-electron chi connectivity index (χ3n) is 2.95. The first kappa shape index (κ1) is 14.8. The van der Waals surface area contributed by atoms with E-state index in [2.05, 4.69) is 21.0 Å². The number of hydrogen-bond acceptors (Lipinski definition) is 6. The highest BCUT2D eigenvalue weighted by Gasteiger charge is 2.19. The molecule has 0 radical (unpaired) electrons. The minimum Gasteiger partial charge on any atom is -0.492 e. The van der Waals surface area contributed by atoms with Gasteiger partial charge in [0.25, 0.3) is 5.91 Å². The van der Waals surface area contributed by atoms with Crippen LogP contribution < -0.4 is 10.5 Å². The molecule has 0 saturated carbocycles. The molecule has 0 atom stereocenters. The van der Waals surface area contributed by atoms with Gasteiger partial charge in [0.1, 0.15) is 12.4 Å². The predicted molar refractivity (Wildman–Crippen MR) is 77.1 cm³/mol. The van der Waals surface area contributed by atoms with E-state index in [-0.39, 0.29) is 17.4 Å². The second-order valence-electron chi connectivity index (χ2n) is 4.90. The summed E-state index contributed by atoms with van der Waals surface area (Å²) < 4.78 is 10.1. The topological polar surface area (TPSA) is 94.5 Å². The number of aromatic nitrogens is 2. The lowest BCUT2D eigenvalue weighted by atomic mass is 10.1. The van der Waals surface area contributed by atoms with Gasteiger partial charge in [-0.1, -0.05) is 6.07 Å². The first-order valence-electron chi connectivity index (χ1n) is 6.52. The van der Waals surface area contributed by atoms with Crippen molar-refractivity contribution in [1.82, 2.24) is 15.2 Å². The molecular weight excluding hydrogens is 272 g/mol. The predicted octanol–water partition coefficient (Wildman–Crippen LogP) is 1.42. The molecule has 21 heavy (non-hydrogen) atoms. The van der Waals surface area contributed by atoms with E-state index in [1.165, 1.54) is 4.90 Å². The fourth-order valence-corrected chi connectivity index (χ4v) is 1.94. The highest BCUT2D eigenvalue weighted by atomic mass is 16.6. The van der Waals surface area contributed by atoms with Crippen LogP contribution >= 0.6 is 0 Å². The minimum atomic E-state index is -0.349. The average Bonchev–Trinajstić information content (AvgIpc) is 2.83. The fraction of sp³-hybridized carbons (Fsp3) is 0.357. The Morgan fingerprint density at radius 3 is 2.52 bits per heavy atom. The number of likely N-dealkylation sites (N-methyl/N-ethyl adjacent to an activating group) is 1. The molecule has 0 aliphatic carbocycles. The highest BCUT2D eigenvalue weighted by Crippen LogP contribution is 2.16. The third kappa shape index (κ3) is 3.71. The largest absolute Gasteiger partial charge is 0.492 e. The molecule has 7 heteroatoms. The zero-order valence-electron chi connectivity index (χ0n) is 12.3. The molecule has 0 aliphatic heterocycles. The van der Waals surface area contributed by atoms with Gasteiger partial charge in [0.2, 0.25) is 11.5 Å². The van der Waals surface area contributed by atoms with Gasteiger partial charge < -0.3 is 15.4 Å². The molecule has 0 spiro atoms. The zero-order valence-corrected chi connectivity index (χ0v) is 12.3. The Balaban J connectivity index is 1.88. The van der Waals surface area contributed by atoms with E-state index in [4.69, 9.17) is 10.5 Å². The van der Waals surface area contributed by atoms with Crippen molar-refractivity contribution in [2.24, 2.45) is 0 Å². The number of ether oxygens (including phenoxy) is 1. The third-order valence-corrected chi connectivity index (χ3v) is 2.95. The van der Waals surface area contributed by atoms with Crippen LogP contribution in [-0.4, -0.2) is 41.3 Å². The maximum atomic E-state index is 12.0. The Hall–Kier alpha value is -2.57. The monoisotopic (exact) mass is 290 g/mol. The van der Waals surface area contributed by atoms with E-state index in [9.17, 15) is 4.79 Å². The average molecular weight is 290 g/mol. The Bertz CT molecular complexity index is 619. The van der Waals surface area contributed by atoms with Crippen LogP contribution in [0.3, 0.4) is 0 Å². The molecule has 0 bridgehead atoms. The molecule has 112 valence electrons. The lowest BCUT2D eigenvalue weighted by Gasteiger charge is -2.16. The van der Waals surface area contributed by atoms with Crippen molar-refractivity contribution in [2.45, 2.75) is 13.8 Å². The van der Waals surface area contributed by atoms with Crippen molar-refractivity contribution < 1.29 is 14.2 Å². The van der Waals surface area contributed by atoms with Crippen LogP contribution in [-0.2, 0) is 0 Å². The number of rotatable bonds is 5. The van der Waals surface area contributed by atoms with Crippen molar-refractivity contribution >= 4 is 11.7 Å². The maximum Gasteiger partial charge on any atom is 0.279 e. The number of benzene rings is 1. The molecule has 0 fully saturated rings. The Morgan fingerprint density at radius 2 is 1.95 bits per heavy atom. The smallest absolute Gasteiger partial charge is 0.279 e. The summed E-state index contributed by atoms with van der Waals surface area (Å²) in [4.78, 5) is 13.5. The summed E-state index contributed by atoms with van der Waals surface area (Å²) in [5.41, 5.74) is 7.77. The molecule has 1 amide bonds. The van der Waals surface area contributed by atoms with Gasteiger partial charge >= 0.3 is 0 Å². The lowest BCUT2D eigenvalue weighted by Crippen LogP contribution is -2.31. The summed E-state index contributed by atoms with van der Waals surface area (Å²) in [5, 5.41) is 6.86. The van der Waals surface area contributed by atoms with Crippen molar-refractivity contribution in [2.75, 3.05) is 25.9 Å². The van der Waals surface area contributed by atoms with E-state index in [0.717, 1.165) is 16.9 Å². The van der Waals surface area contributed by atoms with Gasteiger partial charge in [0, 0.05) is 7.05 Å². The van der Waals surface area contributed by atoms with Crippen molar-refractivity contribution in [1.29, 1.82) is 0 Å². The van der Waals surface area contributed by atoms with Gasteiger partial charge in [-0.25, -0.2) is 4.63 Å². The second-order valence-corrected chi connectivity index (χ2v) is 4.90. The molecule has 2 rings (SSSR count). The molecule has 1 aromatic carbocycles. The standard InChI is InChI=1S/C14H18N4O3/c1-9-6-10(2)8-11(7-9)20-5-4-18(3)14(19)12-13(15)17-21-16-12/h6-8H,4-5H2,1-3H3,(H2,15,17). The molecule has 0 saturated heterocycles. The number of nitrogen functional groups attached to an aromatic ring is 1. The van der Waals surface area contributed by atoms with Crippen LogP contribution in [0.25, 0.3) is 0 Å². The van der Waals surface area contributed by atoms with Crippen molar-refractivity contribution in [3.63, 3.8) is 0 Å². The number of amides is 1. The summed E-state index contributed by atoms with van der Waals surface area (Å²) in [7, 11) is 1.64. The zero-order chi connectivity index (χ0) is 15.4. The first-order chi connectivity index (χ1) is 9.97. The van der Waals surface area contributed by atoms with Crippen molar-refractivity contribution in [3.8, 4) is 5.75 Å². The quantitative estimate of drug-likeness (QED) is 0.895. The molecule has 2 aromatic rings. The summed E-state index contributed by atoms with van der Waals surface area (Å²) in [6.45, 7) is 4.79. The number of hydrogen-bond donors (Lipinski definition) is 1. The van der Waals surface area contributed by atoms with Crippen LogP contribution in [0.1, 0.15) is 21.6 Å². The van der Waals surface area contributed by atoms with Crippen LogP contribution in [0.4, 0.5) is 5.82 Å². The maximum absolute atomic E-state index is 12.0. The number of nitrogens with two attached hydrogens (primary N) is 1. The molecule has 1 heterocycles. The van der Waals surface area contributed by atoms with E-state index in [1.807, 2.05) is 26.0 Å². The number of carbonyl (C=O) groups is 1. The van der Waals surface area contributed by atoms with Gasteiger partial charge in [0.05, 0.1) is 6.54 Å². The van der Waals surface area contributed by atoms with Crippen LogP contribution in [0, 0.1) is 13.8 Å². The van der Waals surface area contributed by atoms with Crippen molar-refractivity contribution in [3.05, 3.63) is 35.0 Å². The number of anilines is 1. The minimum absolute atomic E-state index is 0.0120. The van der Waals surface area contributed by atoms with E-state index >= 15 is 0 Å². The summed E-state index contributed by atoms with van der Waals surface area (Å²) in [6, 6.07) is 5.98. The molecule has 1 aromatic heterocycles. The van der Waals surface area contributed by atoms with Gasteiger partial charge in [0.15, 0.2) is 0 Å². The second kappa shape index (κ2) is 6.25. The van der Waals surface area contributed by atoms with E-state index < -0.39 is 0 Å². The van der Waals surface area contributed by atoms with Gasteiger partial charge in [-0.2, -0.15) is 0 Å². The summed E-state index contributed by atoms with van der Waals surface area (Å²) >= 11 is 0. The first-order valence-corrected chi connectivity index (χ1v) is 6.52.